The van der Waals surface area contributed by atoms with E-state index in [9.17, 15) is 4.79 Å². The average Bonchev–Trinajstić information content (AvgIpc) is 2.71. The Morgan fingerprint density at radius 3 is 3.06 bits per heavy atom. The first-order chi connectivity index (χ1) is 7.75. The topological polar surface area (TPSA) is 62.5 Å². The minimum Gasteiger partial charge on any atom is -0.475 e. The van der Waals surface area contributed by atoms with Crippen LogP contribution in [0.25, 0.3) is 0 Å². The van der Waals surface area contributed by atoms with Gasteiger partial charge in [0.15, 0.2) is 0 Å². The minimum absolute atomic E-state index is 0.0385. The molecule has 0 spiro atoms. The predicted octanol–water partition coefficient (Wildman–Crippen LogP) is 2.21. The van der Waals surface area contributed by atoms with E-state index in [2.05, 4.69) is 11.6 Å². The van der Waals surface area contributed by atoms with Crippen LogP contribution in [0.4, 0.5) is 0 Å². The van der Waals surface area contributed by atoms with Crippen molar-refractivity contribution in [3.05, 3.63) is 23.7 Å². The summed E-state index contributed by atoms with van der Waals surface area (Å²) in [6, 6.07) is 1.69. The van der Waals surface area contributed by atoms with Gasteiger partial charge in [0, 0.05) is 12.1 Å². The third kappa shape index (κ3) is 4.28. The third-order valence-corrected chi connectivity index (χ3v) is 2.91. The highest BCUT2D eigenvalue weighted by atomic mass is 32.2. The Kier molecular flexibility index (Phi) is 6.03. The number of rotatable bonds is 8. The van der Waals surface area contributed by atoms with Crippen molar-refractivity contribution in [1.29, 1.82) is 0 Å². The van der Waals surface area contributed by atoms with Crippen molar-refractivity contribution < 1.29 is 14.3 Å². The van der Waals surface area contributed by atoms with E-state index in [0.717, 1.165) is 13.0 Å². The molecule has 0 aliphatic heterocycles. The first kappa shape index (κ1) is 13.1. The first-order valence-corrected chi connectivity index (χ1v) is 6.64. The highest BCUT2D eigenvalue weighted by Crippen LogP contribution is 2.10. The standard InChI is InChI=1S/C11H17NO3S/c1-16-7-3-2-5-12-8-9-4-6-15-10(9)11(13)14/h4,6,12H,2-3,5,7-8H2,1H3,(H,13,14). The van der Waals surface area contributed by atoms with Gasteiger partial charge in [0.05, 0.1) is 6.26 Å². The van der Waals surface area contributed by atoms with Crippen molar-refractivity contribution in [1.82, 2.24) is 5.32 Å². The molecule has 0 bridgehead atoms. The van der Waals surface area contributed by atoms with Crippen molar-refractivity contribution in [2.45, 2.75) is 19.4 Å². The molecular formula is C11H17NO3S. The number of carboxylic acid groups (broad SMARTS) is 1. The van der Waals surface area contributed by atoms with Crippen LogP contribution in [0.3, 0.4) is 0 Å². The van der Waals surface area contributed by atoms with Crippen LogP contribution < -0.4 is 5.32 Å². The number of thioether (sulfide) groups is 1. The van der Waals surface area contributed by atoms with E-state index >= 15 is 0 Å². The lowest BCUT2D eigenvalue weighted by Crippen LogP contribution is -2.16. The molecule has 0 aliphatic rings. The molecule has 1 rings (SSSR count). The highest BCUT2D eigenvalue weighted by molar-refractivity contribution is 7.98. The summed E-state index contributed by atoms with van der Waals surface area (Å²) >= 11 is 1.84. The monoisotopic (exact) mass is 243 g/mol. The molecule has 0 aliphatic carbocycles. The molecule has 1 aromatic heterocycles. The Morgan fingerprint density at radius 1 is 1.56 bits per heavy atom. The second-order valence-corrected chi connectivity index (χ2v) is 4.44. The molecule has 5 heteroatoms. The van der Waals surface area contributed by atoms with Gasteiger partial charge in [0.2, 0.25) is 5.76 Å². The summed E-state index contributed by atoms with van der Waals surface area (Å²) in [5.74, 6) is 0.203. The maximum Gasteiger partial charge on any atom is 0.372 e. The van der Waals surface area contributed by atoms with Crippen LogP contribution in [-0.4, -0.2) is 29.6 Å². The smallest absolute Gasteiger partial charge is 0.372 e. The van der Waals surface area contributed by atoms with E-state index < -0.39 is 5.97 Å². The Labute approximate surface area is 99.4 Å². The van der Waals surface area contributed by atoms with E-state index in [1.54, 1.807) is 6.07 Å². The van der Waals surface area contributed by atoms with Crippen LogP contribution in [0.2, 0.25) is 0 Å². The lowest BCUT2D eigenvalue weighted by molar-refractivity contribution is 0.0660. The van der Waals surface area contributed by atoms with Gasteiger partial charge in [-0.1, -0.05) is 0 Å². The molecule has 4 nitrogen and oxygen atoms in total. The summed E-state index contributed by atoms with van der Waals surface area (Å²) in [7, 11) is 0. The maximum absolute atomic E-state index is 10.7. The number of carboxylic acids is 1. The van der Waals surface area contributed by atoms with Crippen LogP contribution in [-0.2, 0) is 6.54 Å². The molecule has 0 fully saturated rings. The Hall–Kier alpha value is -0.940. The number of hydrogen-bond acceptors (Lipinski definition) is 4. The van der Waals surface area contributed by atoms with Gasteiger partial charge in [-0.15, -0.1) is 0 Å². The second-order valence-electron chi connectivity index (χ2n) is 3.46. The predicted molar refractivity (Wildman–Crippen MR) is 65.0 cm³/mol. The molecule has 0 saturated carbocycles. The molecule has 0 unspecified atom stereocenters. The Morgan fingerprint density at radius 2 is 2.38 bits per heavy atom. The molecule has 0 amide bonds. The summed E-state index contributed by atoms with van der Waals surface area (Å²) in [5, 5.41) is 12.0. The number of unbranched alkanes of at least 4 members (excludes halogenated alkanes) is 1. The third-order valence-electron chi connectivity index (χ3n) is 2.21. The van der Waals surface area contributed by atoms with Crippen LogP contribution >= 0.6 is 11.8 Å². The molecule has 2 N–H and O–H groups in total. The summed E-state index contributed by atoms with van der Waals surface area (Å²) in [6.07, 6.45) is 5.80. The highest BCUT2D eigenvalue weighted by Gasteiger charge is 2.12. The van der Waals surface area contributed by atoms with E-state index in [-0.39, 0.29) is 5.76 Å². The van der Waals surface area contributed by atoms with Gasteiger partial charge in [-0.05, 0) is 37.5 Å². The molecule has 0 saturated heterocycles. The molecule has 0 radical (unpaired) electrons. The largest absolute Gasteiger partial charge is 0.475 e. The molecule has 0 aromatic carbocycles. The Bertz CT molecular complexity index is 325. The summed E-state index contributed by atoms with van der Waals surface area (Å²) in [4.78, 5) is 10.7. The van der Waals surface area contributed by atoms with Crippen molar-refractivity contribution >= 4 is 17.7 Å². The number of nitrogens with one attached hydrogen (secondary N) is 1. The summed E-state index contributed by atoms with van der Waals surface area (Å²) in [5.41, 5.74) is 0.706. The fraction of sp³-hybridized carbons (Fsp3) is 0.545. The van der Waals surface area contributed by atoms with Gasteiger partial charge in [-0.2, -0.15) is 11.8 Å². The minimum atomic E-state index is -1.01. The van der Waals surface area contributed by atoms with Crippen molar-refractivity contribution in [3.63, 3.8) is 0 Å². The Balaban J connectivity index is 2.21. The second kappa shape index (κ2) is 7.35. The van der Waals surface area contributed by atoms with Gasteiger partial charge in [-0.3, -0.25) is 0 Å². The van der Waals surface area contributed by atoms with Gasteiger partial charge < -0.3 is 14.8 Å². The molecule has 0 atom stereocenters. The van der Waals surface area contributed by atoms with E-state index in [0.29, 0.717) is 12.1 Å². The van der Waals surface area contributed by atoms with E-state index in [4.69, 9.17) is 9.52 Å². The van der Waals surface area contributed by atoms with E-state index in [1.165, 1.54) is 18.4 Å². The molecule has 90 valence electrons. The van der Waals surface area contributed by atoms with Crippen LogP contribution in [0, 0.1) is 0 Å². The fourth-order valence-electron chi connectivity index (χ4n) is 1.38. The lowest BCUT2D eigenvalue weighted by Gasteiger charge is -2.03. The first-order valence-electron chi connectivity index (χ1n) is 5.25. The molecule has 1 heterocycles. The normalized spacial score (nSPS) is 10.6. The van der Waals surface area contributed by atoms with Crippen molar-refractivity contribution in [3.8, 4) is 0 Å². The average molecular weight is 243 g/mol. The fourth-order valence-corrected chi connectivity index (χ4v) is 1.87. The van der Waals surface area contributed by atoms with Crippen LogP contribution in [0.5, 0.6) is 0 Å². The van der Waals surface area contributed by atoms with Crippen LogP contribution in [0.15, 0.2) is 16.7 Å². The van der Waals surface area contributed by atoms with Gasteiger partial charge in [-0.25, -0.2) is 4.79 Å². The number of hydrogen-bond donors (Lipinski definition) is 2. The summed E-state index contributed by atoms with van der Waals surface area (Å²) in [6.45, 7) is 1.46. The number of aromatic carboxylic acids is 1. The lowest BCUT2D eigenvalue weighted by atomic mass is 10.2. The SMILES string of the molecule is CSCCCCNCc1ccoc1C(=O)O. The molecular weight excluding hydrogens is 226 g/mol. The zero-order valence-electron chi connectivity index (χ0n) is 9.36. The molecule has 16 heavy (non-hydrogen) atoms. The molecule has 1 aromatic rings. The van der Waals surface area contributed by atoms with E-state index in [1.807, 2.05) is 11.8 Å². The van der Waals surface area contributed by atoms with Crippen molar-refractivity contribution in [2.24, 2.45) is 0 Å². The zero-order valence-corrected chi connectivity index (χ0v) is 10.2. The zero-order chi connectivity index (χ0) is 11.8. The van der Waals surface area contributed by atoms with Crippen LogP contribution in [0.1, 0.15) is 29.0 Å². The van der Waals surface area contributed by atoms with Gasteiger partial charge in [0.1, 0.15) is 0 Å². The van der Waals surface area contributed by atoms with Gasteiger partial charge in [0.25, 0.3) is 0 Å². The maximum atomic E-state index is 10.7. The van der Waals surface area contributed by atoms with Gasteiger partial charge >= 0.3 is 5.97 Å². The van der Waals surface area contributed by atoms with Crippen molar-refractivity contribution in [2.75, 3.05) is 18.6 Å². The quantitative estimate of drug-likeness (QED) is 0.685. The number of carbonyl (C=O) groups is 1. The summed E-state index contributed by atoms with van der Waals surface area (Å²) < 4.78 is 4.88. The number of furan rings is 1.